The van der Waals surface area contributed by atoms with Gasteiger partial charge in [-0.3, -0.25) is 0 Å². The largest absolute Gasteiger partial charge is 0.485 e. The van der Waals surface area contributed by atoms with E-state index in [4.69, 9.17) is 36.8 Å². The Kier molecular flexibility index (Phi) is 12.7. The zero-order valence-electron chi connectivity index (χ0n) is 28.2. The number of nitrogens with two attached hydrogens (primary N) is 1. The maximum atomic E-state index is 6.38. The number of piperazine rings is 1. The van der Waals surface area contributed by atoms with Gasteiger partial charge in [0, 0.05) is 43.1 Å². The molecule has 1 aromatic heterocycles. The molecule has 0 bridgehead atoms. The van der Waals surface area contributed by atoms with Crippen LogP contribution < -0.4 is 20.5 Å². The highest BCUT2D eigenvalue weighted by Gasteiger charge is 2.16. The van der Waals surface area contributed by atoms with Crippen LogP contribution in [0, 0.1) is 0 Å². The van der Waals surface area contributed by atoms with Crippen LogP contribution in [0.4, 0.5) is 5.82 Å². The third kappa shape index (κ3) is 10.4. The number of rotatable bonds is 16. The summed E-state index contributed by atoms with van der Waals surface area (Å²) in [4.78, 5) is 14.8. The van der Waals surface area contributed by atoms with Crippen molar-refractivity contribution in [3.05, 3.63) is 113 Å². The molecule has 9 heteroatoms. The van der Waals surface area contributed by atoms with E-state index in [1.807, 2.05) is 66.7 Å². The third-order valence-corrected chi connectivity index (χ3v) is 9.09. The van der Waals surface area contributed by atoms with Crippen molar-refractivity contribution in [3.8, 4) is 11.5 Å². The number of ether oxygens (including phenoxy) is 2. The molecule has 4 aromatic rings. The predicted molar refractivity (Wildman–Crippen MR) is 202 cm³/mol. The van der Waals surface area contributed by atoms with Crippen molar-refractivity contribution in [1.82, 2.24) is 19.8 Å². The molecule has 1 aliphatic heterocycles. The van der Waals surface area contributed by atoms with Crippen LogP contribution in [0.3, 0.4) is 0 Å². The number of halogens is 1. The molecule has 2 aliphatic rings. The minimum atomic E-state index is 0.462. The fraction of sp³-hybridized carbons (Fsp3) is 0.350. The van der Waals surface area contributed by atoms with Crippen LogP contribution in [-0.4, -0.2) is 78.7 Å². The van der Waals surface area contributed by atoms with Gasteiger partial charge in [0.1, 0.15) is 19.0 Å². The van der Waals surface area contributed by atoms with E-state index >= 15 is 0 Å². The highest BCUT2D eigenvalue weighted by atomic mass is 35.5. The molecule has 3 N–H and O–H groups in total. The van der Waals surface area contributed by atoms with Gasteiger partial charge in [0.2, 0.25) is 0 Å². The van der Waals surface area contributed by atoms with E-state index in [0.717, 1.165) is 106 Å². The van der Waals surface area contributed by atoms with E-state index < -0.39 is 0 Å². The summed E-state index contributed by atoms with van der Waals surface area (Å²) in [5, 5.41) is 5.19. The second kappa shape index (κ2) is 18.0. The number of allylic oxidation sites excluding steroid dienone is 2. The smallest absolute Gasteiger partial charge is 0.162 e. The molecule has 1 aliphatic carbocycles. The molecule has 0 unspecified atom stereocenters. The van der Waals surface area contributed by atoms with E-state index in [9.17, 15) is 0 Å². The zero-order valence-corrected chi connectivity index (χ0v) is 29.0. The van der Waals surface area contributed by atoms with Gasteiger partial charge < -0.3 is 30.3 Å². The minimum Gasteiger partial charge on any atom is -0.485 e. The molecule has 0 spiro atoms. The summed E-state index contributed by atoms with van der Waals surface area (Å²) in [5.41, 5.74) is 9.73. The van der Waals surface area contributed by atoms with Crippen molar-refractivity contribution >= 4 is 40.5 Å². The van der Waals surface area contributed by atoms with Crippen molar-refractivity contribution in [2.45, 2.75) is 32.3 Å². The summed E-state index contributed by atoms with van der Waals surface area (Å²) < 4.78 is 12.5. The number of aromatic nitrogens is 2. The Hall–Kier alpha value is -4.21. The Balaban J connectivity index is 1.13. The van der Waals surface area contributed by atoms with Gasteiger partial charge in [0.25, 0.3) is 0 Å². The number of nitrogens with one attached hydrogen (secondary N) is 1. The van der Waals surface area contributed by atoms with Gasteiger partial charge in [-0.15, -0.1) is 0 Å². The first kappa shape index (κ1) is 34.6. The molecule has 1 saturated heterocycles. The van der Waals surface area contributed by atoms with Crippen molar-refractivity contribution in [1.29, 1.82) is 0 Å². The number of benzene rings is 3. The molecular formula is C40H47ClN6O2. The average Bonchev–Trinajstić information content (AvgIpc) is 3.14. The number of hydrogen-bond acceptors (Lipinski definition) is 8. The first-order chi connectivity index (χ1) is 24.1. The van der Waals surface area contributed by atoms with Gasteiger partial charge in [-0.2, -0.15) is 0 Å². The lowest BCUT2D eigenvalue weighted by Crippen LogP contribution is -2.47. The van der Waals surface area contributed by atoms with Crippen LogP contribution in [0.5, 0.6) is 11.5 Å². The first-order valence-corrected chi connectivity index (χ1v) is 17.8. The molecule has 0 atom stereocenters. The molecule has 0 amide bonds. The summed E-state index contributed by atoms with van der Waals surface area (Å²) in [5.74, 6) is 2.83. The lowest BCUT2D eigenvalue weighted by atomic mass is 10.1. The molecule has 0 radical (unpaired) electrons. The summed E-state index contributed by atoms with van der Waals surface area (Å²) >= 11 is 6.38. The molecule has 2 heterocycles. The van der Waals surface area contributed by atoms with E-state index in [1.54, 1.807) is 0 Å². The maximum Gasteiger partial charge on any atom is 0.162 e. The Morgan fingerprint density at radius 1 is 0.816 bits per heavy atom. The van der Waals surface area contributed by atoms with Crippen LogP contribution in [0.2, 0.25) is 5.02 Å². The highest BCUT2D eigenvalue weighted by Crippen LogP contribution is 2.31. The molecule has 49 heavy (non-hydrogen) atoms. The van der Waals surface area contributed by atoms with Crippen LogP contribution in [-0.2, 0) is 6.61 Å². The molecule has 3 aromatic carbocycles. The van der Waals surface area contributed by atoms with Crippen LogP contribution >= 0.6 is 11.6 Å². The highest BCUT2D eigenvalue weighted by molar-refractivity contribution is 6.31. The summed E-state index contributed by atoms with van der Waals surface area (Å²) in [6.45, 7) is 9.14. The number of fused-ring (bicyclic) bond motifs is 1. The second-order valence-electron chi connectivity index (χ2n) is 12.6. The van der Waals surface area contributed by atoms with Gasteiger partial charge in [0.15, 0.2) is 17.3 Å². The van der Waals surface area contributed by atoms with Crippen LogP contribution in [0.15, 0.2) is 90.5 Å². The van der Waals surface area contributed by atoms with E-state index in [0.29, 0.717) is 35.6 Å². The van der Waals surface area contributed by atoms with Crippen molar-refractivity contribution in [3.63, 3.8) is 0 Å². The summed E-state index contributed by atoms with van der Waals surface area (Å²) in [6.07, 6.45) is 14.7. The van der Waals surface area contributed by atoms with E-state index in [1.165, 1.54) is 5.57 Å². The molecule has 1 fully saturated rings. The molecular weight excluding hydrogens is 632 g/mol. The van der Waals surface area contributed by atoms with E-state index in [2.05, 4.69) is 45.5 Å². The first-order valence-electron chi connectivity index (χ1n) is 17.5. The predicted octanol–water partition coefficient (Wildman–Crippen LogP) is 7.46. The Morgan fingerprint density at radius 2 is 1.61 bits per heavy atom. The Morgan fingerprint density at radius 3 is 2.39 bits per heavy atom. The van der Waals surface area contributed by atoms with Gasteiger partial charge in [-0.05, 0) is 98.4 Å². The molecule has 0 saturated carbocycles. The minimum absolute atomic E-state index is 0.462. The van der Waals surface area contributed by atoms with Gasteiger partial charge in [-0.25, -0.2) is 9.97 Å². The van der Waals surface area contributed by atoms with Crippen molar-refractivity contribution < 1.29 is 9.47 Å². The summed E-state index contributed by atoms with van der Waals surface area (Å²) in [7, 11) is 0. The van der Waals surface area contributed by atoms with Crippen LogP contribution in [0.1, 0.15) is 42.6 Å². The van der Waals surface area contributed by atoms with Gasteiger partial charge in [-0.1, -0.05) is 72.3 Å². The lowest BCUT2D eigenvalue weighted by molar-refractivity contribution is 0.132. The Bertz CT molecular complexity index is 1750. The number of hydrogen-bond donors (Lipinski definition) is 2. The number of anilines is 1. The standard InChI is InChI=1S/C40H47ClN6O2/c41-34-15-16-35-36(28-34)44-39(45-40(35)43-20-8-22-47-25-23-46(24-26-47)21-7-19-42)18-14-31-13-17-37(48-29-32-9-3-1-4-10-32)38(27-31)49-30-33-11-5-2-6-12-33/h1,3-5,9-18,27-28H,2,6-8,19-26,29-30,42H2,(H,43,44,45)/b18-14+. The van der Waals surface area contributed by atoms with E-state index in [-0.39, 0.29) is 0 Å². The van der Waals surface area contributed by atoms with Gasteiger partial charge in [0.05, 0.1) is 5.52 Å². The second-order valence-corrected chi connectivity index (χ2v) is 13.0. The SMILES string of the molecule is NCCCN1CCN(CCCNc2nc(/C=C/c3ccc(OCc4ccccc4)c(OCC4=CCCC=C4)c3)nc3cc(Cl)ccc23)CC1. The molecule has 8 nitrogen and oxygen atoms in total. The zero-order chi connectivity index (χ0) is 33.7. The fourth-order valence-electron chi connectivity index (χ4n) is 6.09. The quantitative estimate of drug-likeness (QED) is 0.118. The molecule has 6 rings (SSSR count). The fourth-order valence-corrected chi connectivity index (χ4v) is 6.26. The van der Waals surface area contributed by atoms with Crippen LogP contribution in [0.25, 0.3) is 23.1 Å². The monoisotopic (exact) mass is 678 g/mol. The summed E-state index contributed by atoms with van der Waals surface area (Å²) in [6, 6.07) is 21.9. The third-order valence-electron chi connectivity index (χ3n) is 8.86. The topological polar surface area (TPSA) is 88.8 Å². The number of nitrogens with zero attached hydrogens (tertiary/aromatic N) is 4. The van der Waals surface area contributed by atoms with Gasteiger partial charge >= 0.3 is 0 Å². The normalized spacial score (nSPS) is 15.5. The molecule has 256 valence electrons. The van der Waals surface area contributed by atoms with Crippen molar-refractivity contribution in [2.75, 3.05) is 64.3 Å². The maximum absolute atomic E-state index is 6.38. The van der Waals surface area contributed by atoms with Crippen molar-refractivity contribution in [2.24, 2.45) is 5.73 Å². The average molecular weight is 679 g/mol. The lowest BCUT2D eigenvalue weighted by Gasteiger charge is -2.34. The Labute approximate surface area is 295 Å².